The molecule has 1 heterocycles. The van der Waals surface area contributed by atoms with Gasteiger partial charge in [-0.05, 0) is 36.5 Å². The van der Waals surface area contributed by atoms with Gasteiger partial charge < -0.3 is 5.73 Å². The molecule has 0 bridgehead atoms. The fraction of sp³-hybridized carbons (Fsp3) is 0.500. The maximum Gasteiger partial charge on any atom is 0.245 e. The zero-order valence-electron chi connectivity index (χ0n) is 11.8. The van der Waals surface area contributed by atoms with Gasteiger partial charge in [-0.2, -0.15) is 9.57 Å². The summed E-state index contributed by atoms with van der Waals surface area (Å²) >= 11 is 0. The van der Waals surface area contributed by atoms with Crippen molar-refractivity contribution in [2.75, 3.05) is 18.8 Å². The second-order valence-corrected chi connectivity index (χ2v) is 7.88. The third-order valence-corrected chi connectivity index (χ3v) is 5.54. The lowest BCUT2D eigenvalue weighted by Gasteiger charge is -2.37. The van der Waals surface area contributed by atoms with Gasteiger partial charge in [-0.25, -0.2) is 8.42 Å². The molecule has 2 N–H and O–H groups in total. The molecule has 0 radical (unpaired) electrons. The van der Waals surface area contributed by atoms with E-state index >= 15 is 0 Å². The highest BCUT2D eigenvalue weighted by molar-refractivity contribution is 7.89. The topological polar surface area (TPSA) is 87.2 Å². The molecule has 0 amide bonds. The summed E-state index contributed by atoms with van der Waals surface area (Å²) in [6.07, 6.45) is 1.87. The number of hydrogen-bond acceptors (Lipinski definition) is 4. The molecule has 1 aliphatic rings. The third kappa shape index (κ3) is 2.79. The molecule has 0 spiro atoms. The molecular weight excluding hydrogens is 274 g/mol. The number of sulfonamides is 1. The molecule has 1 aromatic rings. The van der Waals surface area contributed by atoms with Crippen LogP contribution in [0.1, 0.15) is 32.3 Å². The molecule has 5 nitrogen and oxygen atoms in total. The summed E-state index contributed by atoms with van der Waals surface area (Å²) in [6.45, 7) is 5.15. The summed E-state index contributed by atoms with van der Waals surface area (Å²) in [4.78, 5) is 0.0919. The Labute approximate surface area is 120 Å². The number of rotatable bonds is 2. The van der Waals surface area contributed by atoms with Crippen molar-refractivity contribution < 1.29 is 8.42 Å². The van der Waals surface area contributed by atoms with Gasteiger partial charge in [0, 0.05) is 13.1 Å². The van der Waals surface area contributed by atoms with Gasteiger partial charge >= 0.3 is 0 Å². The number of benzene rings is 1. The van der Waals surface area contributed by atoms with Crippen LogP contribution in [-0.4, -0.2) is 25.8 Å². The average Bonchev–Trinajstić information content (AvgIpc) is 2.37. The zero-order valence-corrected chi connectivity index (χ0v) is 12.6. The highest BCUT2D eigenvalue weighted by Crippen LogP contribution is 2.33. The van der Waals surface area contributed by atoms with Crippen LogP contribution in [-0.2, 0) is 10.0 Å². The van der Waals surface area contributed by atoms with Gasteiger partial charge in [0.2, 0.25) is 10.0 Å². The third-order valence-electron chi connectivity index (χ3n) is 3.62. The van der Waals surface area contributed by atoms with Crippen LogP contribution in [0, 0.1) is 16.7 Å². The maximum atomic E-state index is 12.7. The monoisotopic (exact) mass is 293 g/mol. The van der Waals surface area contributed by atoms with E-state index in [0.717, 1.165) is 12.8 Å². The van der Waals surface area contributed by atoms with E-state index in [2.05, 4.69) is 13.8 Å². The van der Waals surface area contributed by atoms with Crippen LogP contribution >= 0.6 is 0 Å². The molecule has 0 saturated carbocycles. The van der Waals surface area contributed by atoms with Crippen LogP contribution in [0.4, 0.5) is 5.69 Å². The van der Waals surface area contributed by atoms with E-state index in [4.69, 9.17) is 11.0 Å². The fourth-order valence-corrected chi connectivity index (χ4v) is 4.33. The Morgan fingerprint density at radius 2 is 2.10 bits per heavy atom. The summed E-state index contributed by atoms with van der Waals surface area (Å²) in [5.74, 6) is 0. The Hall–Kier alpha value is -1.58. The molecule has 108 valence electrons. The zero-order chi connectivity index (χ0) is 15.0. The first-order valence-electron chi connectivity index (χ1n) is 6.56. The highest BCUT2D eigenvalue weighted by Gasteiger charge is 2.34. The molecule has 1 saturated heterocycles. The molecule has 6 heteroatoms. The quantitative estimate of drug-likeness (QED) is 0.844. The van der Waals surface area contributed by atoms with Crippen molar-refractivity contribution >= 4 is 15.7 Å². The lowest BCUT2D eigenvalue weighted by molar-refractivity contribution is 0.187. The lowest BCUT2D eigenvalue weighted by atomic mass is 9.85. The predicted octanol–water partition coefficient (Wildman–Crippen LogP) is 1.95. The summed E-state index contributed by atoms with van der Waals surface area (Å²) < 4.78 is 26.8. The van der Waals surface area contributed by atoms with Crippen molar-refractivity contribution in [2.45, 2.75) is 31.6 Å². The number of nitrogens with zero attached hydrogens (tertiary/aromatic N) is 2. The van der Waals surface area contributed by atoms with Crippen molar-refractivity contribution in [3.8, 4) is 6.07 Å². The minimum atomic E-state index is -3.59. The first-order chi connectivity index (χ1) is 9.26. The summed E-state index contributed by atoms with van der Waals surface area (Å²) in [6, 6.07) is 6.26. The van der Waals surface area contributed by atoms with Crippen LogP contribution in [0.2, 0.25) is 0 Å². The Bertz CT molecular complexity index is 659. The van der Waals surface area contributed by atoms with E-state index in [1.165, 1.54) is 22.5 Å². The molecular formula is C14H19N3O2S. The standard InChI is InChI=1S/C14H19N3O2S/c1-14(2)6-3-7-17(10-14)20(18,19)13-5-4-11(9-15)8-12(13)16/h4-5,8H,3,6-7,10,16H2,1-2H3. The minimum Gasteiger partial charge on any atom is -0.398 e. The molecule has 1 aromatic carbocycles. The fourth-order valence-electron chi connectivity index (χ4n) is 2.57. The minimum absolute atomic E-state index is 0.0212. The molecule has 0 atom stereocenters. The van der Waals surface area contributed by atoms with Gasteiger partial charge in [0.15, 0.2) is 0 Å². The number of hydrogen-bond donors (Lipinski definition) is 1. The van der Waals surface area contributed by atoms with Crippen molar-refractivity contribution in [2.24, 2.45) is 5.41 Å². The van der Waals surface area contributed by atoms with Crippen molar-refractivity contribution in [1.82, 2.24) is 4.31 Å². The van der Waals surface area contributed by atoms with Gasteiger partial charge in [0.05, 0.1) is 17.3 Å². The smallest absolute Gasteiger partial charge is 0.245 e. The number of nitriles is 1. The normalized spacial score (nSPS) is 19.4. The van der Waals surface area contributed by atoms with Crippen LogP contribution in [0.25, 0.3) is 0 Å². The summed E-state index contributed by atoms with van der Waals surface area (Å²) in [7, 11) is -3.59. The molecule has 1 aliphatic heterocycles. The SMILES string of the molecule is CC1(C)CCCN(S(=O)(=O)c2ccc(C#N)cc2N)C1. The van der Waals surface area contributed by atoms with E-state index in [1.54, 1.807) is 0 Å². The maximum absolute atomic E-state index is 12.7. The molecule has 2 rings (SSSR count). The first kappa shape index (κ1) is 14.8. The highest BCUT2D eigenvalue weighted by atomic mass is 32.2. The van der Waals surface area contributed by atoms with Crippen molar-refractivity contribution in [1.29, 1.82) is 5.26 Å². The van der Waals surface area contributed by atoms with Crippen LogP contribution < -0.4 is 5.73 Å². The Morgan fingerprint density at radius 1 is 1.40 bits per heavy atom. The molecule has 0 unspecified atom stereocenters. The Kier molecular flexibility index (Phi) is 3.76. The van der Waals surface area contributed by atoms with Gasteiger partial charge in [0.25, 0.3) is 0 Å². The van der Waals surface area contributed by atoms with Crippen molar-refractivity contribution in [3.05, 3.63) is 23.8 Å². The van der Waals surface area contributed by atoms with E-state index in [-0.39, 0.29) is 16.0 Å². The van der Waals surface area contributed by atoms with Crippen LogP contribution in [0.5, 0.6) is 0 Å². The second kappa shape index (κ2) is 5.08. The average molecular weight is 293 g/mol. The number of anilines is 1. The molecule has 0 aliphatic carbocycles. The van der Waals surface area contributed by atoms with Crippen LogP contribution in [0.3, 0.4) is 0 Å². The first-order valence-corrected chi connectivity index (χ1v) is 8.00. The number of nitrogens with two attached hydrogens (primary N) is 1. The van der Waals surface area contributed by atoms with Crippen LogP contribution in [0.15, 0.2) is 23.1 Å². The largest absolute Gasteiger partial charge is 0.398 e. The van der Waals surface area contributed by atoms with Gasteiger partial charge in [-0.15, -0.1) is 0 Å². The van der Waals surface area contributed by atoms with Gasteiger partial charge in [-0.1, -0.05) is 13.8 Å². The van der Waals surface area contributed by atoms with E-state index in [0.29, 0.717) is 18.7 Å². The predicted molar refractivity (Wildman–Crippen MR) is 77.3 cm³/mol. The molecule has 1 fully saturated rings. The second-order valence-electron chi connectivity index (χ2n) is 5.97. The summed E-state index contributed by atoms with van der Waals surface area (Å²) in [5, 5.41) is 8.81. The van der Waals surface area contributed by atoms with Gasteiger partial charge in [-0.3, -0.25) is 0 Å². The summed E-state index contributed by atoms with van der Waals surface area (Å²) in [5.41, 5.74) is 6.27. The molecule has 0 aromatic heterocycles. The van der Waals surface area contributed by atoms with Gasteiger partial charge in [0.1, 0.15) is 4.90 Å². The Balaban J connectivity index is 2.38. The number of piperidine rings is 1. The number of nitrogen functional groups attached to an aromatic ring is 1. The lowest BCUT2D eigenvalue weighted by Crippen LogP contribution is -2.43. The van der Waals surface area contributed by atoms with E-state index in [9.17, 15) is 8.42 Å². The van der Waals surface area contributed by atoms with Crippen molar-refractivity contribution in [3.63, 3.8) is 0 Å². The molecule has 20 heavy (non-hydrogen) atoms. The Morgan fingerprint density at radius 3 is 2.65 bits per heavy atom. The van der Waals surface area contributed by atoms with E-state index < -0.39 is 10.0 Å². The van der Waals surface area contributed by atoms with E-state index in [1.807, 2.05) is 6.07 Å².